The summed E-state index contributed by atoms with van der Waals surface area (Å²) in [5.74, 6) is 0. The van der Waals surface area contributed by atoms with E-state index in [-0.39, 0.29) is 24.6 Å². The molecule has 20 heavy (non-hydrogen) atoms. The Morgan fingerprint density at radius 1 is 1.25 bits per heavy atom. The highest BCUT2D eigenvalue weighted by molar-refractivity contribution is 5.13. The SMILES string of the molecule is C=CCOC1C(OCc2ccccc2)CC2OCC1O2. The van der Waals surface area contributed by atoms with E-state index in [4.69, 9.17) is 18.9 Å². The topological polar surface area (TPSA) is 36.9 Å². The van der Waals surface area contributed by atoms with Crippen LogP contribution in [0.5, 0.6) is 0 Å². The summed E-state index contributed by atoms with van der Waals surface area (Å²) in [6.07, 6.45) is 2.19. The van der Waals surface area contributed by atoms with Crippen LogP contribution in [0, 0.1) is 0 Å². The number of rotatable bonds is 6. The van der Waals surface area contributed by atoms with Crippen molar-refractivity contribution < 1.29 is 18.9 Å². The Balaban J connectivity index is 1.61. The Bertz CT molecular complexity index is 433. The van der Waals surface area contributed by atoms with Crippen molar-refractivity contribution >= 4 is 0 Å². The fraction of sp³-hybridized carbons (Fsp3) is 0.500. The van der Waals surface area contributed by atoms with E-state index in [0.717, 1.165) is 5.56 Å². The van der Waals surface area contributed by atoms with Crippen LogP contribution in [-0.4, -0.2) is 37.8 Å². The Kier molecular flexibility index (Phi) is 4.47. The molecule has 0 aromatic heterocycles. The van der Waals surface area contributed by atoms with E-state index in [1.165, 1.54) is 0 Å². The van der Waals surface area contributed by atoms with Crippen LogP contribution < -0.4 is 0 Å². The second-order valence-corrected chi connectivity index (χ2v) is 5.09. The minimum absolute atomic E-state index is 0.00130. The molecule has 2 aliphatic rings. The van der Waals surface area contributed by atoms with E-state index in [1.54, 1.807) is 6.08 Å². The molecule has 4 heteroatoms. The second-order valence-electron chi connectivity index (χ2n) is 5.09. The van der Waals surface area contributed by atoms with Gasteiger partial charge < -0.3 is 18.9 Å². The maximum Gasteiger partial charge on any atom is 0.160 e. The van der Waals surface area contributed by atoms with Crippen molar-refractivity contribution in [1.82, 2.24) is 0 Å². The van der Waals surface area contributed by atoms with Gasteiger partial charge in [0.25, 0.3) is 0 Å². The molecule has 2 saturated heterocycles. The highest BCUT2D eigenvalue weighted by Gasteiger charge is 2.45. The highest BCUT2D eigenvalue weighted by atomic mass is 16.7. The van der Waals surface area contributed by atoms with Crippen molar-refractivity contribution in [2.75, 3.05) is 13.2 Å². The van der Waals surface area contributed by atoms with Gasteiger partial charge in [-0.05, 0) is 5.56 Å². The molecule has 2 bridgehead atoms. The molecule has 4 atom stereocenters. The van der Waals surface area contributed by atoms with Gasteiger partial charge in [0.1, 0.15) is 12.2 Å². The van der Waals surface area contributed by atoms with Gasteiger partial charge in [0.15, 0.2) is 6.29 Å². The quantitative estimate of drug-likeness (QED) is 0.747. The van der Waals surface area contributed by atoms with Crippen molar-refractivity contribution in [3.8, 4) is 0 Å². The predicted molar refractivity (Wildman–Crippen MR) is 74.2 cm³/mol. The predicted octanol–water partition coefficient (Wildman–Crippen LogP) is 2.29. The molecule has 3 rings (SSSR count). The molecule has 1 aromatic rings. The van der Waals surface area contributed by atoms with Gasteiger partial charge in [-0.25, -0.2) is 0 Å². The number of ether oxygens (including phenoxy) is 4. The summed E-state index contributed by atoms with van der Waals surface area (Å²) in [6, 6.07) is 10.2. The first kappa shape index (κ1) is 13.8. The summed E-state index contributed by atoms with van der Waals surface area (Å²) in [5.41, 5.74) is 1.16. The van der Waals surface area contributed by atoms with E-state index < -0.39 is 0 Å². The number of hydrogen-bond acceptors (Lipinski definition) is 4. The van der Waals surface area contributed by atoms with Crippen molar-refractivity contribution in [2.24, 2.45) is 0 Å². The normalized spacial score (nSPS) is 32.2. The van der Waals surface area contributed by atoms with Crippen LogP contribution in [-0.2, 0) is 25.6 Å². The van der Waals surface area contributed by atoms with Gasteiger partial charge in [0, 0.05) is 6.42 Å². The molecular weight excluding hydrogens is 256 g/mol. The first-order valence-electron chi connectivity index (χ1n) is 7.02. The fourth-order valence-electron chi connectivity index (χ4n) is 2.67. The van der Waals surface area contributed by atoms with Gasteiger partial charge >= 0.3 is 0 Å². The summed E-state index contributed by atoms with van der Waals surface area (Å²) < 4.78 is 23.1. The van der Waals surface area contributed by atoms with E-state index in [1.807, 2.05) is 18.2 Å². The molecule has 2 heterocycles. The van der Waals surface area contributed by atoms with Gasteiger partial charge in [0.05, 0.1) is 25.9 Å². The molecule has 0 amide bonds. The van der Waals surface area contributed by atoms with E-state index >= 15 is 0 Å². The van der Waals surface area contributed by atoms with Gasteiger partial charge in [0.2, 0.25) is 0 Å². The molecule has 0 saturated carbocycles. The molecule has 4 unspecified atom stereocenters. The molecule has 0 radical (unpaired) electrons. The molecule has 0 spiro atoms. The lowest BCUT2D eigenvalue weighted by atomic mass is 10.0. The van der Waals surface area contributed by atoms with Crippen molar-refractivity contribution in [2.45, 2.75) is 37.6 Å². The molecule has 1 aromatic carbocycles. The van der Waals surface area contributed by atoms with Crippen LogP contribution in [0.25, 0.3) is 0 Å². The molecular formula is C16H20O4. The zero-order chi connectivity index (χ0) is 13.8. The van der Waals surface area contributed by atoms with Gasteiger partial charge in [-0.2, -0.15) is 0 Å². The van der Waals surface area contributed by atoms with Gasteiger partial charge in [-0.15, -0.1) is 6.58 Å². The van der Waals surface area contributed by atoms with Crippen LogP contribution in [0.2, 0.25) is 0 Å². The standard InChI is InChI=1S/C16H20O4/c1-2-8-17-16-13(9-15-19-11-14(16)20-15)18-10-12-6-4-3-5-7-12/h2-7,13-16H,1,8-11H2. The number of fused-ring (bicyclic) bond motifs is 2. The third kappa shape index (κ3) is 3.10. The molecule has 2 aliphatic heterocycles. The van der Waals surface area contributed by atoms with Crippen LogP contribution in [0.1, 0.15) is 12.0 Å². The third-order valence-electron chi connectivity index (χ3n) is 3.64. The van der Waals surface area contributed by atoms with E-state index in [0.29, 0.717) is 26.2 Å². The van der Waals surface area contributed by atoms with Crippen LogP contribution in [0.3, 0.4) is 0 Å². The largest absolute Gasteiger partial charge is 0.371 e. The Morgan fingerprint density at radius 3 is 2.90 bits per heavy atom. The van der Waals surface area contributed by atoms with Crippen LogP contribution in [0.15, 0.2) is 43.0 Å². The monoisotopic (exact) mass is 276 g/mol. The molecule has 0 aliphatic carbocycles. The summed E-state index contributed by atoms with van der Waals surface area (Å²) >= 11 is 0. The van der Waals surface area contributed by atoms with Crippen molar-refractivity contribution in [3.63, 3.8) is 0 Å². The minimum atomic E-state index is -0.149. The maximum absolute atomic E-state index is 6.04. The Labute approximate surface area is 119 Å². The third-order valence-corrected chi connectivity index (χ3v) is 3.64. The number of benzene rings is 1. The Morgan fingerprint density at radius 2 is 2.10 bits per heavy atom. The fourth-order valence-corrected chi connectivity index (χ4v) is 2.67. The molecule has 108 valence electrons. The summed E-state index contributed by atoms with van der Waals surface area (Å²) in [5, 5.41) is 0. The average Bonchev–Trinajstić information content (AvgIpc) is 2.88. The first-order valence-corrected chi connectivity index (χ1v) is 7.02. The lowest BCUT2D eigenvalue weighted by Crippen LogP contribution is -2.47. The highest BCUT2D eigenvalue weighted by Crippen LogP contribution is 2.31. The second kappa shape index (κ2) is 6.50. The summed E-state index contributed by atoms with van der Waals surface area (Å²) in [4.78, 5) is 0. The lowest BCUT2D eigenvalue weighted by Gasteiger charge is -2.34. The van der Waals surface area contributed by atoms with Crippen LogP contribution in [0.4, 0.5) is 0 Å². The molecule has 0 N–H and O–H groups in total. The zero-order valence-corrected chi connectivity index (χ0v) is 11.4. The average molecular weight is 276 g/mol. The van der Waals surface area contributed by atoms with E-state index in [2.05, 4.69) is 18.7 Å². The molecule has 2 fully saturated rings. The summed E-state index contributed by atoms with van der Waals surface area (Å²) in [6.45, 7) is 5.35. The first-order chi connectivity index (χ1) is 9.86. The van der Waals surface area contributed by atoms with Gasteiger partial charge in [-0.3, -0.25) is 0 Å². The Hall–Kier alpha value is -1.20. The summed E-state index contributed by atoms with van der Waals surface area (Å²) in [7, 11) is 0. The van der Waals surface area contributed by atoms with Crippen molar-refractivity contribution in [1.29, 1.82) is 0 Å². The van der Waals surface area contributed by atoms with Gasteiger partial charge in [-0.1, -0.05) is 36.4 Å². The number of hydrogen-bond donors (Lipinski definition) is 0. The maximum atomic E-state index is 6.04. The molecule has 4 nitrogen and oxygen atoms in total. The smallest absolute Gasteiger partial charge is 0.160 e. The van der Waals surface area contributed by atoms with E-state index in [9.17, 15) is 0 Å². The minimum Gasteiger partial charge on any atom is -0.371 e. The van der Waals surface area contributed by atoms with Crippen molar-refractivity contribution in [3.05, 3.63) is 48.6 Å². The van der Waals surface area contributed by atoms with Crippen LogP contribution >= 0.6 is 0 Å². The zero-order valence-electron chi connectivity index (χ0n) is 11.4. The lowest BCUT2D eigenvalue weighted by molar-refractivity contribution is -0.195.